The van der Waals surface area contributed by atoms with Crippen molar-refractivity contribution in [2.24, 2.45) is 0 Å². The highest BCUT2D eigenvalue weighted by Crippen LogP contribution is 2.31. The van der Waals surface area contributed by atoms with Gasteiger partial charge in [-0.15, -0.1) is 0 Å². The van der Waals surface area contributed by atoms with Gasteiger partial charge in [-0.3, -0.25) is 19.2 Å². The second-order valence-electron chi connectivity index (χ2n) is 10.4. The topological polar surface area (TPSA) is 127 Å². The second-order valence-corrected chi connectivity index (χ2v) is 10.8. The number of halogens is 2. The van der Waals surface area contributed by atoms with Crippen LogP contribution in [0.5, 0.6) is 0 Å². The lowest BCUT2D eigenvalue weighted by molar-refractivity contribution is -0.116. The van der Waals surface area contributed by atoms with Crippen molar-refractivity contribution < 1.29 is 18.8 Å². The van der Waals surface area contributed by atoms with Crippen LogP contribution >= 0.6 is 11.6 Å². The van der Waals surface area contributed by atoms with Gasteiger partial charge in [0.1, 0.15) is 12.4 Å². The minimum atomic E-state index is -0.527. The molecule has 1 aliphatic carbocycles. The number of fused-ring (bicyclic) bond motifs is 1. The van der Waals surface area contributed by atoms with E-state index in [0.29, 0.717) is 34.6 Å². The number of aromatic nitrogens is 3. The van der Waals surface area contributed by atoms with Crippen LogP contribution in [0.3, 0.4) is 0 Å². The quantitative estimate of drug-likeness (QED) is 0.237. The SMILES string of the molecule is C=CC(=O)Nc1cc(C(=O)NC2CC2)ccc1-c1c(CC)nc2n(CC(=O)Nc3ccc(F)cc3Cl)c(C)c(C)n2c1=O. The van der Waals surface area contributed by atoms with Gasteiger partial charge in [0, 0.05) is 34.2 Å². The van der Waals surface area contributed by atoms with Crippen LogP contribution in [0.15, 0.2) is 53.8 Å². The molecule has 10 nitrogen and oxygen atoms in total. The van der Waals surface area contributed by atoms with Gasteiger partial charge < -0.3 is 20.5 Å². The van der Waals surface area contributed by atoms with E-state index in [0.717, 1.165) is 25.0 Å². The molecule has 0 saturated heterocycles. The fraction of sp³-hybridized carbons (Fsp3) is 0.258. The van der Waals surface area contributed by atoms with E-state index in [-0.39, 0.29) is 46.2 Å². The molecular weight excluding hydrogens is 575 g/mol. The summed E-state index contributed by atoms with van der Waals surface area (Å²) < 4.78 is 16.5. The maximum Gasteiger partial charge on any atom is 0.267 e. The number of nitrogens with one attached hydrogen (secondary N) is 3. The Bertz CT molecular complexity index is 1870. The number of rotatable bonds is 9. The Balaban J connectivity index is 1.59. The molecule has 0 radical (unpaired) electrons. The highest BCUT2D eigenvalue weighted by molar-refractivity contribution is 6.33. The van der Waals surface area contributed by atoms with E-state index >= 15 is 0 Å². The molecule has 0 spiro atoms. The van der Waals surface area contributed by atoms with Gasteiger partial charge in [-0.1, -0.05) is 31.2 Å². The number of carbonyl (C=O) groups is 3. The zero-order valence-electron chi connectivity index (χ0n) is 23.9. The summed E-state index contributed by atoms with van der Waals surface area (Å²) in [4.78, 5) is 57.1. The van der Waals surface area contributed by atoms with Crippen molar-refractivity contribution in [3.63, 3.8) is 0 Å². The van der Waals surface area contributed by atoms with E-state index in [4.69, 9.17) is 16.6 Å². The van der Waals surface area contributed by atoms with Crippen molar-refractivity contribution in [2.75, 3.05) is 10.6 Å². The van der Waals surface area contributed by atoms with Crippen molar-refractivity contribution in [1.82, 2.24) is 19.3 Å². The summed E-state index contributed by atoms with van der Waals surface area (Å²) in [5.74, 6) is -1.48. The number of anilines is 2. The molecule has 222 valence electrons. The summed E-state index contributed by atoms with van der Waals surface area (Å²) in [7, 11) is 0. The molecule has 3 N–H and O–H groups in total. The van der Waals surface area contributed by atoms with Gasteiger partial charge in [-0.25, -0.2) is 13.8 Å². The zero-order valence-corrected chi connectivity index (χ0v) is 24.6. The normalized spacial score (nSPS) is 12.7. The van der Waals surface area contributed by atoms with E-state index in [1.165, 1.54) is 22.6 Å². The molecule has 2 aromatic carbocycles. The Hall–Kier alpha value is -4.77. The van der Waals surface area contributed by atoms with Crippen LogP contribution in [0, 0.1) is 19.7 Å². The average Bonchev–Trinajstić information content (AvgIpc) is 3.76. The van der Waals surface area contributed by atoms with Gasteiger partial charge in [-0.05, 0) is 69.5 Å². The van der Waals surface area contributed by atoms with Crippen LogP contribution in [0.25, 0.3) is 16.9 Å². The summed E-state index contributed by atoms with van der Waals surface area (Å²) in [6.45, 7) is 8.69. The third kappa shape index (κ3) is 5.94. The fourth-order valence-electron chi connectivity index (χ4n) is 4.87. The predicted octanol–water partition coefficient (Wildman–Crippen LogP) is 4.79. The molecule has 2 heterocycles. The highest BCUT2D eigenvalue weighted by atomic mass is 35.5. The summed E-state index contributed by atoms with van der Waals surface area (Å²) in [6, 6.07) is 8.58. The zero-order chi connectivity index (χ0) is 31.0. The van der Waals surface area contributed by atoms with Gasteiger partial charge in [-0.2, -0.15) is 0 Å². The smallest absolute Gasteiger partial charge is 0.267 e. The van der Waals surface area contributed by atoms with E-state index in [1.807, 2.05) is 6.92 Å². The van der Waals surface area contributed by atoms with Crippen molar-refractivity contribution in [3.05, 3.63) is 92.9 Å². The summed E-state index contributed by atoms with van der Waals surface area (Å²) in [6.07, 6.45) is 3.31. The average molecular weight is 605 g/mol. The molecule has 0 atom stereocenters. The van der Waals surface area contributed by atoms with E-state index in [1.54, 1.807) is 30.5 Å². The Morgan fingerprint density at radius 2 is 1.84 bits per heavy atom. The third-order valence-corrected chi connectivity index (χ3v) is 7.71. The van der Waals surface area contributed by atoms with Gasteiger partial charge in [0.25, 0.3) is 11.5 Å². The summed E-state index contributed by atoms with van der Waals surface area (Å²) in [5.41, 5.74) is 2.77. The first-order valence-electron chi connectivity index (χ1n) is 13.8. The van der Waals surface area contributed by atoms with Crippen molar-refractivity contribution >= 4 is 46.5 Å². The monoisotopic (exact) mass is 604 g/mol. The van der Waals surface area contributed by atoms with Crippen LogP contribution in [-0.2, 0) is 22.6 Å². The molecule has 2 aromatic heterocycles. The largest absolute Gasteiger partial charge is 0.349 e. The molecule has 1 aliphatic rings. The Kier molecular flexibility index (Phi) is 8.19. The van der Waals surface area contributed by atoms with Gasteiger partial charge in [0.05, 0.1) is 22.0 Å². The van der Waals surface area contributed by atoms with Gasteiger partial charge in [0.2, 0.25) is 17.6 Å². The number of imidazole rings is 1. The van der Waals surface area contributed by atoms with Crippen LogP contribution in [0.1, 0.15) is 47.2 Å². The molecule has 12 heteroatoms. The highest BCUT2D eigenvalue weighted by Gasteiger charge is 2.26. The molecule has 0 unspecified atom stereocenters. The van der Waals surface area contributed by atoms with Gasteiger partial charge >= 0.3 is 0 Å². The molecule has 43 heavy (non-hydrogen) atoms. The number of aryl methyl sites for hydroxylation is 2. The van der Waals surface area contributed by atoms with Crippen molar-refractivity contribution in [2.45, 2.75) is 52.6 Å². The number of hydrogen-bond acceptors (Lipinski definition) is 5. The summed E-state index contributed by atoms with van der Waals surface area (Å²) in [5, 5.41) is 8.39. The number of benzene rings is 2. The lowest BCUT2D eigenvalue weighted by Gasteiger charge is -2.15. The number of hydrogen-bond donors (Lipinski definition) is 3. The second kappa shape index (κ2) is 11.8. The number of amides is 3. The molecule has 0 aliphatic heterocycles. The lowest BCUT2D eigenvalue weighted by atomic mass is 9.99. The van der Waals surface area contributed by atoms with Crippen molar-refractivity contribution in [3.8, 4) is 11.1 Å². The lowest BCUT2D eigenvalue weighted by Crippen LogP contribution is -2.26. The van der Waals surface area contributed by atoms with Crippen LogP contribution in [0.2, 0.25) is 5.02 Å². The minimum Gasteiger partial charge on any atom is -0.349 e. The maximum absolute atomic E-state index is 14.2. The Morgan fingerprint density at radius 1 is 1.09 bits per heavy atom. The Morgan fingerprint density at radius 3 is 2.49 bits per heavy atom. The molecular formula is C31H30ClFN6O4. The number of nitrogens with zero attached hydrogens (tertiary/aromatic N) is 3. The van der Waals surface area contributed by atoms with Crippen LogP contribution in [0.4, 0.5) is 15.8 Å². The van der Waals surface area contributed by atoms with E-state index < -0.39 is 23.2 Å². The first kappa shape index (κ1) is 29.7. The molecule has 5 rings (SSSR count). The summed E-state index contributed by atoms with van der Waals surface area (Å²) >= 11 is 6.08. The molecule has 4 aromatic rings. The van der Waals surface area contributed by atoms with Crippen molar-refractivity contribution in [1.29, 1.82) is 0 Å². The third-order valence-electron chi connectivity index (χ3n) is 7.39. The molecule has 1 saturated carbocycles. The molecule has 0 bridgehead atoms. The predicted molar refractivity (Wildman–Crippen MR) is 163 cm³/mol. The molecule has 1 fully saturated rings. The fourth-order valence-corrected chi connectivity index (χ4v) is 5.08. The first-order valence-corrected chi connectivity index (χ1v) is 14.1. The molecule has 3 amide bonds. The standard InChI is InChI=1S/C31H30ClFN6O4/c1-5-23-28(21-11-7-18(29(42)34-20-9-10-20)13-25(21)36-26(40)6-2)30(43)39-17(4)16(3)38(31(39)37-23)15-27(41)35-24-12-8-19(33)14-22(24)32/h6-8,11-14,20H,2,5,9-10,15H2,1,3-4H3,(H,34,42)(H,35,41)(H,36,40). The maximum atomic E-state index is 14.2. The first-order chi connectivity index (χ1) is 20.5. The van der Waals surface area contributed by atoms with Gasteiger partial charge in [0.15, 0.2) is 0 Å². The van der Waals surface area contributed by atoms with Crippen LogP contribution < -0.4 is 21.5 Å². The van der Waals surface area contributed by atoms with Crippen LogP contribution in [-0.4, -0.2) is 37.7 Å². The number of carbonyl (C=O) groups excluding carboxylic acids is 3. The Labute approximate surface area is 251 Å². The minimum absolute atomic E-state index is 0.0567. The van der Waals surface area contributed by atoms with E-state index in [9.17, 15) is 23.6 Å². The van der Waals surface area contributed by atoms with E-state index in [2.05, 4.69) is 22.5 Å².